The number of nitrogens with one attached hydrogen (secondary N) is 1. The van der Waals surface area contributed by atoms with Gasteiger partial charge in [0.15, 0.2) is 0 Å². The molecule has 1 saturated carbocycles. The molecule has 2 rings (SSSR count). The quantitative estimate of drug-likeness (QED) is 0.720. The van der Waals surface area contributed by atoms with Gasteiger partial charge in [-0.3, -0.25) is 0 Å². The fourth-order valence-electron chi connectivity index (χ4n) is 3.91. The number of rotatable bonds is 3. The molecule has 0 unspecified atom stereocenters. The molecule has 0 aromatic heterocycles. The summed E-state index contributed by atoms with van der Waals surface area (Å²) in [5.74, 6) is 0. The van der Waals surface area contributed by atoms with Gasteiger partial charge < -0.3 is 5.32 Å². The van der Waals surface area contributed by atoms with Crippen molar-refractivity contribution in [3.63, 3.8) is 0 Å². The second-order valence-corrected chi connectivity index (χ2v) is 9.02. The van der Waals surface area contributed by atoms with Crippen LogP contribution in [0.3, 0.4) is 0 Å². The Kier molecular flexibility index (Phi) is 4.88. The summed E-state index contributed by atoms with van der Waals surface area (Å²) >= 11 is 9.58. The average molecular weight is 359 g/mol. The standard InChI is InChI=1S/C17H25BrClN/c1-16(2)8-14(9-17(3,4)11-16)20-10-12-5-6-13(19)7-15(12)18/h5-7,14,20H,8-11H2,1-4H3. The maximum Gasteiger partial charge on any atom is 0.0417 e. The maximum absolute atomic E-state index is 5.99. The summed E-state index contributed by atoms with van der Waals surface area (Å²) < 4.78 is 1.09. The van der Waals surface area contributed by atoms with Crippen LogP contribution in [0.5, 0.6) is 0 Å². The van der Waals surface area contributed by atoms with Crippen molar-refractivity contribution in [2.45, 2.75) is 59.5 Å². The zero-order valence-electron chi connectivity index (χ0n) is 12.9. The zero-order chi connectivity index (χ0) is 15.0. The van der Waals surface area contributed by atoms with E-state index in [4.69, 9.17) is 11.6 Å². The summed E-state index contributed by atoms with van der Waals surface area (Å²) in [4.78, 5) is 0. The summed E-state index contributed by atoms with van der Waals surface area (Å²) in [6.07, 6.45) is 3.81. The van der Waals surface area contributed by atoms with Gasteiger partial charge in [-0.05, 0) is 47.8 Å². The molecule has 1 nitrogen and oxygen atoms in total. The lowest BCUT2D eigenvalue weighted by Gasteiger charge is -2.45. The van der Waals surface area contributed by atoms with Gasteiger partial charge in [-0.2, -0.15) is 0 Å². The van der Waals surface area contributed by atoms with E-state index in [0.717, 1.165) is 16.0 Å². The molecule has 0 radical (unpaired) electrons. The predicted octanol–water partition coefficient (Wildman–Crippen LogP) is 5.80. The van der Waals surface area contributed by atoms with Crippen LogP contribution in [0.15, 0.2) is 22.7 Å². The Morgan fingerprint density at radius 3 is 2.35 bits per heavy atom. The zero-order valence-corrected chi connectivity index (χ0v) is 15.2. The molecule has 1 aliphatic carbocycles. The molecule has 1 N–H and O–H groups in total. The van der Waals surface area contributed by atoms with E-state index in [2.05, 4.69) is 55.0 Å². The lowest BCUT2D eigenvalue weighted by Crippen LogP contribution is -2.43. The smallest absolute Gasteiger partial charge is 0.0417 e. The van der Waals surface area contributed by atoms with E-state index in [1.54, 1.807) is 0 Å². The van der Waals surface area contributed by atoms with Gasteiger partial charge in [0.05, 0.1) is 0 Å². The molecule has 0 heterocycles. The molecule has 0 bridgehead atoms. The summed E-state index contributed by atoms with van der Waals surface area (Å²) in [5.41, 5.74) is 2.13. The molecule has 0 amide bonds. The molecule has 0 spiro atoms. The highest BCUT2D eigenvalue weighted by atomic mass is 79.9. The van der Waals surface area contributed by atoms with Crippen molar-refractivity contribution in [2.75, 3.05) is 0 Å². The summed E-state index contributed by atoms with van der Waals surface area (Å²) in [6, 6.07) is 6.61. The van der Waals surface area contributed by atoms with E-state index in [-0.39, 0.29) is 0 Å². The molecule has 0 atom stereocenters. The lowest BCUT2D eigenvalue weighted by molar-refractivity contribution is 0.0844. The van der Waals surface area contributed by atoms with Crippen LogP contribution < -0.4 is 5.32 Å². The van der Waals surface area contributed by atoms with Crippen LogP contribution in [0.2, 0.25) is 5.02 Å². The maximum atomic E-state index is 5.99. The highest BCUT2D eigenvalue weighted by Crippen LogP contribution is 2.45. The molecule has 112 valence electrons. The molecular formula is C17H25BrClN. The van der Waals surface area contributed by atoms with E-state index in [1.807, 2.05) is 12.1 Å². The molecule has 1 aliphatic rings. The van der Waals surface area contributed by atoms with Crippen molar-refractivity contribution in [1.82, 2.24) is 5.32 Å². The molecule has 1 aromatic carbocycles. The van der Waals surface area contributed by atoms with Gasteiger partial charge in [-0.1, -0.05) is 61.3 Å². The molecular weight excluding hydrogens is 334 g/mol. The molecule has 0 aliphatic heterocycles. The Labute approximate surface area is 136 Å². The van der Waals surface area contributed by atoms with Crippen LogP contribution in [0.25, 0.3) is 0 Å². The van der Waals surface area contributed by atoms with E-state index in [9.17, 15) is 0 Å². The van der Waals surface area contributed by atoms with Gasteiger partial charge >= 0.3 is 0 Å². The van der Waals surface area contributed by atoms with Crippen molar-refractivity contribution in [3.05, 3.63) is 33.3 Å². The van der Waals surface area contributed by atoms with E-state index >= 15 is 0 Å². The van der Waals surface area contributed by atoms with Crippen LogP contribution in [-0.4, -0.2) is 6.04 Å². The molecule has 1 fully saturated rings. The number of halogens is 2. The second-order valence-electron chi connectivity index (χ2n) is 7.73. The summed E-state index contributed by atoms with van der Waals surface area (Å²) in [6.45, 7) is 10.5. The van der Waals surface area contributed by atoms with Crippen molar-refractivity contribution in [3.8, 4) is 0 Å². The van der Waals surface area contributed by atoms with Gasteiger partial charge in [0.2, 0.25) is 0 Å². The molecule has 0 saturated heterocycles. The lowest BCUT2D eigenvalue weighted by atomic mass is 9.63. The molecule has 20 heavy (non-hydrogen) atoms. The molecule has 3 heteroatoms. The predicted molar refractivity (Wildman–Crippen MR) is 91.2 cm³/mol. The second kappa shape index (κ2) is 5.98. The first-order valence-corrected chi connectivity index (χ1v) is 8.51. The van der Waals surface area contributed by atoms with Gasteiger partial charge in [0, 0.05) is 22.1 Å². The summed E-state index contributed by atoms with van der Waals surface area (Å²) in [5, 5.41) is 4.51. The number of hydrogen-bond donors (Lipinski definition) is 1. The van der Waals surface area contributed by atoms with Gasteiger partial charge in [0.25, 0.3) is 0 Å². The van der Waals surface area contributed by atoms with Crippen LogP contribution in [0.1, 0.15) is 52.5 Å². The Morgan fingerprint density at radius 1 is 1.20 bits per heavy atom. The highest BCUT2D eigenvalue weighted by molar-refractivity contribution is 9.10. The fraction of sp³-hybridized carbons (Fsp3) is 0.647. The van der Waals surface area contributed by atoms with Crippen LogP contribution in [0, 0.1) is 10.8 Å². The van der Waals surface area contributed by atoms with Crippen LogP contribution >= 0.6 is 27.5 Å². The van der Waals surface area contributed by atoms with Crippen LogP contribution in [-0.2, 0) is 6.54 Å². The molecule has 1 aromatic rings. The SMILES string of the molecule is CC1(C)CC(NCc2ccc(Cl)cc2Br)CC(C)(C)C1. The van der Waals surface area contributed by atoms with E-state index in [0.29, 0.717) is 16.9 Å². The van der Waals surface area contributed by atoms with Gasteiger partial charge in [-0.15, -0.1) is 0 Å². The van der Waals surface area contributed by atoms with E-state index < -0.39 is 0 Å². The van der Waals surface area contributed by atoms with Crippen LogP contribution in [0.4, 0.5) is 0 Å². The van der Waals surface area contributed by atoms with Crippen molar-refractivity contribution in [1.29, 1.82) is 0 Å². The van der Waals surface area contributed by atoms with Crippen molar-refractivity contribution in [2.24, 2.45) is 10.8 Å². The van der Waals surface area contributed by atoms with Crippen molar-refractivity contribution >= 4 is 27.5 Å². The Bertz CT molecular complexity index is 466. The minimum atomic E-state index is 0.427. The largest absolute Gasteiger partial charge is 0.310 e. The Hall–Kier alpha value is -0.0500. The number of hydrogen-bond acceptors (Lipinski definition) is 1. The monoisotopic (exact) mass is 357 g/mol. The number of benzene rings is 1. The fourth-order valence-corrected chi connectivity index (χ4v) is 4.73. The van der Waals surface area contributed by atoms with Gasteiger partial charge in [-0.25, -0.2) is 0 Å². The van der Waals surface area contributed by atoms with E-state index in [1.165, 1.54) is 24.8 Å². The Morgan fingerprint density at radius 2 is 1.80 bits per heavy atom. The third-order valence-electron chi connectivity index (χ3n) is 4.15. The third-order valence-corrected chi connectivity index (χ3v) is 5.12. The Balaban J connectivity index is 2.00. The van der Waals surface area contributed by atoms with Crippen molar-refractivity contribution < 1.29 is 0 Å². The topological polar surface area (TPSA) is 12.0 Å². The first kappa shape index (κ1) is 16.3. The first-order chi connectivity index (χ1) is 9.17. The van der Waals surface area contributed by atoms with Gasteiger partial charge in [0.1, 0.15) is 0 Å². The minimum Gasteiger partial charge on any atom is -0.310 e. The first-order valence-electron chi connectivity index (χ1n) is 7.34. The summed E-state index contributed by atoms with van der Waals surface area (Å²) in [7, 11) is 0. The third kappa shape index (κ3) is 4.47. The highest BCUT2D eigenvalue weighted by Gasteiger charge is 2.38. The normalized spacial score (nSPS) is 21.9. The average Bonchev–Trinajstić information content (AvgIpc) is 2.23. The minimum absolute atomic E-state index is 0.427.